The number of benzene rings is 2. The summed E-state index contributed by atoms with van der Waals surface area (Å²) in [6, 6.07) is 10.0. The Kier molecular flexibility index (Phi) is 6.72. The van der Waals surface area contributed by atoms with Gasteiger partial charge in [-0.3, -0.25) is 14.3 Å². The van der Waals surface area contributed by atoms with E-state index in [4.69, 9.17) is 4.74 Å². The molecule has 2 aromatic carbocycles. The number of hydrogen-bond acceptors (Lipinski definition) is 6. The minimum absolute atomic E-state index is 0.0684. The Labute approximate surface area is 186 Å². The molecule has 0 saturated heterocycles. The van der Waals surface area contributed by atoms with Crippen LogP contribution in [0.3, 0.4) is 0 Å². The van der Waals surface area contributed by atoms with E-state index in [0.29, 0.717) is 23.6 Å². The Morgan fingerprint density at radius 1 is 1.00 bits per heavy atom. The first-order valence-electron chi connectivity index (χ1n) is 9.19. The maximum atomic E-state index is 12.6. The van der Waals surface area contributed by atoms with Crippen LogP contribution in [0.1, 0.15) is 10.4 Å². The van der Waals surface area contributed by atoms with Crippen LogP contribution < -0.4 is 15.4 Å². The third-order valence-corrected chi connectivity index (χ3v) is 5.80. The number of ether oxygens (including phenoxy) is 1. The molecule has 0 aliphatic rings. The maximum absolute atomic E-state index is 12.6. The molecule has 0 aliphatic heterocycles. The monoisotopic (exact) mass is 482 g/mol. The summed E-state index contributed by atoms with van der Waals surface area (Å²) in [7, 11) is -3.98. The second kappa shape index (κ2) is 9.32. The van der Waals surface area contributed by atoms with E-state index in [1.165, 1.54) is 24.2 Å². The number of aromatic nitrogens is 2. The lowest BCUT2D eigenvalue weighted by atomic mass is 10.2. The first kappa shape index (κ1) is 23.8. The van der Waals surface area contributed by atoms with E-state index < -0.39 is 26.1 Å². The highest BCUT2D eigenvalue weighted by molar-refractivity contribution is 7.92. The molecular formula is C20H17F3N4O5S. The van der Waals surface area contributed by atoms with E-state index in [-0.39, 0.29) is 23.7 Å². The molecule has 0 radical (unpaired) electrons. The van der Waals surface area contributed by atoms with Gasteiger partial charge in [0.2, 0.25) is 5.91 Å². The van der Waals surface area contributed by atoms with Crippen LogP contribution in [0.15, 0.2) is 65.8 Å². The topological polar surface area (TPSA) is 119 Å². The van der Waals surface area contributed by atoms with Crippen LogP contribution in [0.5, 0.6) is 5.75 Å². The van der Waals surface area contributed by atoms with Crippen LogP contribution in [0.2, 0.25) is 0 Å². The highest BCUT2D eigenvalue weighted by Gasteiger charge is 2.46. The average molecular weight is 482 g/mol. The van der Waals surface area contributed by atoms with E-state index in [2.05, 4.69) is 15.7 Å². The fourth-order valence-electron chi connectivity index (χ4n) is 2.66. The van der Waals surface area contributed by atoms with Crippen molar-refractivity contribution in [1.29, 1.82) is 0 Å². The van der Waals surface area contributed by atoms with Crippen molar-refractivity contribution in [2.24, 2.45) is 0 Å². The minimum atomic E-state index is -5.50. The number of hydrogen-bond donors (Lipinski definition) is 2. The zero-order valence-corrected chi connectivity index (χ0v) is 17.8. The van der Waals surface area contributed by atoms with Gasteiger partial charge >= 0.3 is 5.51 Å². The standard InChI is InChI=1S/C20H17F3N4O5S/c1-32-16-6-4-14(5-7-16)25-18(28)12-27-11-15(10-24-27)26-19(29)13-2-8-17(9-3-13)33(30,31)20(21,22)23/h2-11H,12H2,1H3,(H,25,28)(H,26,29). The van der Waals surface area contributed by atoms with Crippen LogP contribution in [0.25, 0.3) is 0 Å². The summed E-state index contributed by atoms with van der Waals surface area (Å²) in [5.41, 5.74) is -4.73. The molecule has 13 heteroatoms. The number of amides is 2. The van der Waals surface area contributed by atoms with Gasteiger partial charge in [0.05, 0.1) is 23.9 Å². The Balaban J connectivity index is 1.59. The molecule has 2 amide bonds. The average Bonchev–Trinajstić information content (AvgIpc) is 3.20. The van der Waals surface area contributed by atoms with Gasteiger partial charge in [0, 0.05) is 17.4 Å². The van der Waals surface area contributed by atoms with Crippen molar-refractivity contribution in [2.45, 2.75) is 16.9 Å². The first-order valence-corrected chi connectivity index (χ1v) is 10.7. The number of sulfone groups is 1. The van der Waals surface area contributed by atoms with Crippen molar-refractivity contribution in [1.82, 2.24) is 9.78 Å². The van der Waals surface area contributed by atoms with Crippen LogP contribution in [-0.2, 0) is 21.2 Å². The normalized spacial score (nSPS) is 11.6. The quantitative estimate of drug-likeness (QED) is 0.534. The molecule has 1 aromatic heterocycles. The molecule has 9 nitrogen and oxygen atoms in total. The van der Waals surface area contributed by atoms with E-state index in [9.17, 15) is 31.2 Å². The summed E-state index contributed by atoms with van der Waals surface area (Å²) in [4.78, 5) is 23.5. The lowest BCUT2D eigenvalue weighted by Gasteiger charge is -2.08. The van der Waals surface area contributed by atoms with Crippen molar-refractivity contribution in [2.75, 3.05) is 17.7 Å². The number of alkyl halides is 3. The van der Waals surface area contributed by atoms with Gasteiger partial charge in [-0.05, 0) is 48.5 Å². The molecule has 0 fully saturated rings. The number of anilines is 2. The van der Waals surface area contributed by atoms with Crippen molar-refractivity contribution in [3.05, 3.63) is 66.5 Å². The zero-order chi connectivity index (χ0) is 24.2. The summed E-state index contributed by atoms with van der Waals surface area (Å²) in [5.74, 6) is -0.437. The largest absolute Gasteiger partial charge is 0.501 e. The third kappa shape index (κ3) is 5.68. The molecule has 33 heavy (non-hydrogen) atoms. The molecule has 0 spiro atoms. The zero-order valence-electron chi connectivity index (χ0n) is 17.0. The molecular weight excluding hydrogens is 465 g/mol. The summed E-state index contributed by atoms with van der Waals surface area (Å²) < 4.78 is 66.9. The van der Waals surface area contributed by atoms with Gasteiger partial charge in [-0.25, -0.2) is 8.42 Å². The van der Waals surface area contributed by atoms with Gasteiger partial charge in [0.25, 0.3) is 15.7 Å². The van der Waals surface area contributed by atoms with E-state index >= 15 is 0 Å². The van der Waals surface area contributed by atoms with Crippen LogP contribution in [0.4, 0.5) is 24.5 Å². The SMILES string of the molecule is COc1ccc(NC(=O)Cn2cc(NC(=O)c3ccc(S(=O)(=O)C(F)(F)F)cc3)cn2)cc1. The second-order valence-corrected chi connectivity index (χ2v) is 8.57. The molecule has 1 heterocycles. The van der Waals surface area contributed by atoms with Crippen molar-refractivity contribution >= 4 is 33.0 Å². The smallest absolute Gasteiger partial charge is 0.497 e. The van der Waals surface area contributed by atoms with Gasteiger partial charge in [-0.2, -0.15) is 18.3 Å². The molecule has 0 bridgehead atoms. The third-order valence-electron chi connectivity index (χ3n) is 4.30. The molecule has 3 aromatic rings. The van der Waals surface area contributed by atoms with E-state index in [0.717, 1.165) is 12.1 Å². The van der Waals surface area contributed by atoms with Gasteiger partial charge in [0.15, 0.2) is 0 Å². The molecule has 2 N–H and O–H groups in total. The van der Waals surface area contributed by atoms with Crippen molar-refractivity contribution < 1.29 is 35.9 Å². The van der Waals surface area contributed by atoms with Gasteiger partial charge in [0.1, 0.15) is 12.3 Å². The fourth-order valence-corrected chi connectivity index (χ4v) is 3.42. The Morgan fingerprint density at radius 2 is 1.64 bits per heavy atom. The highest BCUT2D eigenvalue weighted by atomic mass is 32.2. The van der Waals surface area contributed by atoms with E-state index in [1.807, 2.05) is 0 Å². The number of halogens is 3. The Hall–Kier alpha value is -3.87. The first-order chi connectivity index (χ1) is 15.5. The Morgan fingerprint density at radius 3 is 2.21 bits per heavy atom. The number of carbonyl (C=O) groups excluding carboxylic acids is 2. The second-order valence-electron chi connectivity index (χ2n) is 6.63. The minimum Gasteiger partial charge on any atom is -0.497 e. The number of nitrogens with zero attached hydrogens (tertiary/aromatic N) is 2. The highest BCUT2D eigenvalue weighted by Crippen LogP contribution is 2.30. The van der Waals surface area contributed by atoms with Gasteiger partial charge in [-0.15, -0.1) is 0 Å². The molecule has 0 saturated carbocycles. The summed E-state index contributed by atoms with van der Waals surface area (Å²) in [6.45, 7) is -0.147. The molecule has 0 unspecified atom stereocenters. The van der Waals surface area contributed by atoms with E-state index in [1.54, 1.807) is 24.3 Å². The maximum Gasteiger partial charge on any atom is 0.501 e. The molecule has 0 atom stereocenters. The predicted octanol–water partition coefficient (Wildman–Crippen LogP) is 3.08. The van der Waals surface area contributed by atoms with Crippen molar-refractivity contribution in [3.8, 4) is 5.75 Å². The van der Waals surface area contributed by atoms with Crippen LogP contribution in [0, 0.1) is 0 Å². The van der Waals surface area contributed by atoms with Gasteiger partial charge in [-0.1, -0.05) is 0 Å². The molecule has 3 rings (SSSR count). The fraction of sp³-hybridized carbons (Fsp3) is 0.150. The van der Waals surface area contributed by atoms with Crippen LogP contribution in [-0.4, -0.2) is 42.6 Å². The number of methoxy groups -OCH3 is 1. The van der Waals surface area contributed by atoms with Crippen LogP contribution >= 0.6 is 0 Å². The van der Waals surface area contributed by atoms with Gasteiger partial charge < -0.3 is 15.4 Å². The lowest BCUT2D eigenvalue weighted by Crippen LogP contribution is -2.23. The molecule has 0 aliphatic carbocycles. The lowest BCUT2D eigenvalue weighted by molar-refractivity contribution is -0.116. The Bertz CT molecular complexity index is 1250. The summed E-state index contributed by atoms with van der Waals surface area (Å²) >= 11 is 0. The summed E-state index contributed by atoms with van der Waals surface area (Å²) in [6.07, 6.45) is 2.66. The number of rotatable bonds is 7. The number of nitrogens with one attached hydrogen (secondary N) is 2. The molecule has 174 valence electrons. The van der Waals surface area contributed by atoms with Crippen molar-refractivity contribution in [3.63, 3.8) is 0 Å². The number of carbonyl (C=O) groups is 2. The predicted molar refractivity (Wildman–Crippen MR) is 111 cm³/mol. The summed E-state index contributed by atoms with van der Waals surface area (Å²) in [5, 5.41) is 9.10.